The van der Waals surface area contributed by atoms with Gasteiger partial charge in [0.25, 0.3) is 0 Å². The molecule has 0 amide bonds. The molecule has 5 heteroatoms. The SMILES string of the molecule is O=Cc1ccc(Oc2ccccc2[N+](=O)[O-])cc1. The van der Waals surface area contributed by atoms with Crippen molar-refractivity contribution in [1.82, 2.24) is 0 Å². The van der Waals surface area contributed by atoms with Crippen LogP contribution in [0.4, 0.5) is 5.69 Å². The van der Waals surface area contributed by atoms with Crippen LogP contribution < -0.4 is 4.74 Å². The third-order valence-corrected chi connectivity index (χ3v) is 2.31. The Morgan fingerprint density at radius 1 is 1.06 bits per heavy atom. The maximum atomic E-state index is 10.8. The van der Waals surface area contributed by atoms with E-state index in [1.54, 1.807) is 36.4 Å². The summed E-state index contributed by atoms with van der Waals surface area (Å²) in [6.45, 7) is 0. The van der Waals surface area contributed by atoms with E-state index in [1.807, 2.05) is 0 Å². The monoisotopic (exact) mass is 243 g/mol. The van der Waals surface area contributed by atoms with E-state index in [2.05, 4.69) is 0 Å². The molecule has 0 atom stereocenters. The first kappa shape index (κ1) is 11.8. The third-order valence-electron chi connectivity index (χ3n) is 2.31. The Balaban J connectivity index is 2.28. The number of nitro groups is 1. The molecule has 2 aromatic rings. The number of ether oxygens (including phenoxy) is 1. The molecule has 2 aromatic carbocycles. The summed E-state index contributed by atoms with van der Waals surface area (Å²) >= 11 is 0. The molecule has 0 aliphatic rings. The smallest absolute Gasteiger partial charge is 0.311 e. The molecule has 0 radical (unpaired) electrons. The minimum atomic E-state index is -0.505. The topological polar surface area (TPSA) is 69.4 Å². The maximum Gasteiger partial charge on any atom is 0.311 e. The van der Waals surface area contributed by atoms with Crippen LogP contribution in [-0.2, 0) is 0 Å². The first-order chi connectivity index (χ1) is 8.70. The number of aldehydes is 1. The highest BCUT2D eigenvalue weighted by atomic mass is 16.6. The summed E-state index contributed by atoms with van der Waals surface area (Å²) in [6, 6.07) is 12.4. The van der Waals surface area contributed by atoms with E-state index in [9.17, 15) is 14.9 Å². The summed E-state index contributed by atoms with van der Waals surface area (Å²) in [6.07, 6.45) is 0.717. The standard InChI is InChI=1S/C13H9NO4/c15-9-10-5-7-11(8-6-10)18-13-4-2-1-3-12(13)14(16)17/h1-9H. The summed E-state index contributed by atoms with van der Waals surface area (Å²) in [4.78, 5) is 20.8. The Labute approximate surface area is 103 Å². The Morgan fingerprint density at radius 3 is 2.33 bits per heavy atom. The molecular weight excluding hydrogens is 234 g/mol. The number of nitro benzene ring substituents is 1. The predicted octanol–water partition coefficient (Wildman–Crippen LogP) is 3.20. The minimum absolute atomic E-state index is 0.100. The van der Waals surface area contributed by atoms with Crippen molar-refractivity contribution in [3.8, 4) is 11.5 Å². The van der Waals surface area contributed by atoms with E-state index in [1.165, 1.54) is 12.1 Å². The number of carbonyl (C=O) groups excluding carboxylic acids is 1. The zero-order chi connectivity index (χ0) is 13.0. The van der Waals surface area contributed by atoms with Crippen molar-refractivity contribution < 1.29 is 14.5 Å². The zero-order valence-corrected chi connectivity index (χ0v) is 9.28. The number of carbonyl (C=O) groups is 1. The van der Waals surface area contributed by atoms with Crippen LogP contribution in [0.25, 0.3) is 0 Å². The molecule has 5 nitrogen and oxygen atoms in total. The molecule has 0 aliphatic carbocycles. The maximum absolute atomic E-state index is 10.8. The molecule has 0 bridgehead atoms. The van der Waals surface area contributed by atoms with Gasteiger partial charge < -0.3 is 4.74 Å². The fourth-order valence-corrected chi connectivity index (χ4v) is 1.44. The molecule has 0 N–H and O–H groups in total. The summed E-state index contributed by atoms with van der Waals surface area (Å²) < 4.78 is 5.41. The van der Waals surface area contributed by atoms with Gasteiger partial charge in [-0.3, -0.25) is 14.9 Å². The van der Waals surface area contributed by atoms with Gasteiger partial charge >= 0.3 is 5.69 Å². The fourth-order valence-electron chi connectivity index (χ4n) is 1.44. The summed E-state index contributed by atoms with van der Waals surface area (Å²) in [5, 5.41) is 10.8. The second kappa shape index (κ2) is 5.09. The van der Waals surface area contributed by atoms with Gasteiger partial charge in [-0.05, 0) is 30.3 Å². The van der Waals surface area contributed by atoms with Crippen LogP contribution in [0.5, 0.6) is 11.5 Å². The van der Waals surface area contributed by atoms with Crippen LogP contribution in [-0.4, -0.2) is 11.2 Å². The lowest BCUT2D eigenvalue weighted by Crippen LogP contribution is -1.93. The minimum Gasteiger partial charge on any atom is -0.450 e. The lowest BCUT2D eigenvalue weighted by atomic mass is 10.2. The molecule has 0 saturated carbocycles. The lowest BCUT2D eigenvalue weighted by Gasteiger charge is -2.05. The van der Waals surface area contributed by atoms with Crippen molar-refractivity contribution in [2.75, 3.05) is 0 Å². The van der Waals surface area contributed by atoms with Gasteiger partial charge in [0.1, 0.15) is 12.0 Å². The highest BCUT2D eigenvalue weighted by Crippen LogP contribution is 2.30. The highest BCUT2D eigenvalue weighted by Gasteiger charge is 2.14. The molecule has 0 fully saturated rings. The average Bonchev–Trinajstić information content (AvgIpc) is 2.40. The van der Waals surface area contributed by atoms with Crippen LogP contribution in [0.2, 0.25) is 0 Å². The summed E-state index contributed by atoms with van der Waals surface area (Å²) in [5.41, 5.74) is 0.418. The fraction of sp³-hybridized carbons (Fsp3) is 0. The number of rotatable bonds is 4. The van der Waals surface area contributed by atoms with E-state index in [0.29, 0.717) is 11.3 Å². The van der Waals surface area contributed by atoms with Crippen LogP contribution in [0.1, 0.15) is 10.4 Å². The van der Waals surface area contributed by atoms with E-state index < -0.39 is 4.92 Å². The molecule has 0 spiro atoms. The number of hydrogen-bond acceptors (Lipinski definition) is 4. The average molecular weight is 243 g/mol. The van der Waals surface area contributed by atoms with Gasteiger partial charge in [0, 0.05) is 11.6 Å². The highest BCUT2D eigenvalue weighted by molar-refractivity contribution is 5.74. The first-order valence-electron chi connectivity index (χ1n) is 5.17. The van der Waals surface area contributed by atoms with Crippen molar-refractivity contribution in [2.45, 2.75) is 0 Å². The van der Waals surface area contributed by atoms with Gasteiger partial charge in [-0.25, -0.2) is 0 Å². The summed E-state index contributed by atoms with van der Waals surface area (Å²) in [5.74, 6) is 0.608. The number of para-hydroxylation sites is 2. The molecule has 2 rings (SSSR count). The largest absolute Gasteiger partial charge is 0.450 e. The van der Waals surface area contributed by atoms with Gasteiger partial charge in [-0.15, -0.1) is 0 Å². The van der Waals surface area contributed by atoms with Crippen molar-refractivity contribution in [3.63, 3.8) is 0 Å². The third kappa shape index (κ3) is 2.52. The van der Waals surface area contributed by atoms with E-state index in [0.717, 1.165) is 6.29 Å². The number of benzene rings is 2. The van der Waals surface area contributed by atoms with Gasteiger partial charge in [0.15, 0.2) is 0 Å². The predicted molar refractivity (Wildman–Crippen MR) is 65.0 cm³/mol. The molecular formula is C13H9NO4. The molecule has 0 saturated heterocycles. The molecule has 0 heterocycles. The van der Waals surface area contributed by atoms with E-state index in [4.69, 9.17) is 4.74 Å². The molecule has 0 aromatic heterocycles. The van der Waals surface area contributed by atoms with E-state index in [-0.39, 0.29) is 11.4 Å². The molecule has 0 unspecified atom stereocenters. The summed E-state index contributed by atoms with van der Waals surface area (Å²) in [7, 11) is 0. The second-order valence-corrected chi connectivity index (χ2v) is 3.51. The number of hydrogen-bond donors (Lipinski definition) is 0. The van der Waals surface area contributed by atoms with Crippen molar-refractivity contribution in [2.24, 2.45) is 0 Å². The molecule has 0 aliphatic heterocycles. The van der Waals surface area contributed by atoms with Crippen molar-refractivity contribution in [1.29, 1.82) is 0 Å². The van der Waals surface area contributed by atoms with Gasteiger partial charge in [-0.1, -0.05) is 12.1 Å². The quantitative estimate of drug-likeness (QED) is 0.469. The van der Waals surface area contributed by atoms with Gasteiger partial charge in [0.2, 0.25) is 5.75 Å². The Kier molecular flexibility index (Phi) is 3.33. The number of nitrogens with zero attached hydrogens (tertiary/aromatic N) is 1. The van der Waals surface area contributed by atoms with Gasteiger partial charge in [-0.2, -0.15) is 0 Å². The molecule has 18 heavy (non-hydrogen) atoms. The van der Waals surface area contributed by atoms with Gasteiger partial charge in [0.05, 0.1) is 4.92 Å². The Bertz CT molecular complexity index is 578. The zero-order valence-electron chi connectivity index (χ0n) is 9.28. The van der Waals surface area contributed by atoms with Crippen LogP contribution in [0, 0.1) is 10.1 Å². The normalized spacial score (nSPS) is 9.78. The first-order valence-corrected chi connectivity index (χ1v) is 5.17. The van der Waals surface area contributed by atoms with Crippen molar-refractivity contribution in [3.05, 3.63) is 64.2 Å². The Hall–Kier alpha value is -2.69. The second-order valence-electron chi connectivity index (χ2n) is 3.51. The Morgan fingerprint density at radius 2 is 1.72 bits per heavy atom. The van der Waals surface area contributed by atoms with E-state index >= 15 is 0 Å². The van der Waals surface area contributed by atoms with Crippen LogP contribution in [0.3, 0.4) is 0 Å². The lowest BCUT2D eigenvalue weighted by molar-refractivity contribution is -0.385. The van der Waals surface area contributed by atoms with Crippen LogP contribution in [0.15, 0.2) is 48.5 Å². The van der Waals surface area contributed by atoms with Crippen molar-refractivity contribution >= 4 is 12.0 Å². The molecule has 90 valence electrons. The van der Waals surface area contributed by atoms with Crippen LogP contribution >= 0.6 is 0 Å².